The summed E-state index contributed by atoms with van der Waals surface area (Å²) in [4.78, 5) is 12.3. The van der Waals surface area contributed by atoms with Crippen molar-refractivity contribution in [3.8, 4) is 0 Å². The number of ether oxygens (including phenoxy) is 1. The van der Waals surface area contributed by atoms with Gasteiger partial charge in [0.15, 0.2) is 0 Å². The number of esters is 1. The van der Waals surface area contributed by atoms with Gasteiger partial charge in [0.2, 0.25) is 0 Å². The van der Waals surface area contributed by atoms with Gasteiger partial charge in [-0.05, 0) is 54.8 Å². The monoisotopic (exact) mass is 250 g/mol. The third-order valence-electron chi connectivity index (χ3n) is 6.52. The van der Waals surface area contributed by atoms with Crippen molar-refractivity contribution in [2.24, 2.45) is 34.5 Å². The van der Waals surface area contributed by atoms with Gasteiger partial charge < -0.3 is 4.74 Å². The van der Waals surface area contributed by atoms with Crippen LogP contribution in [0.3, 0.4) is 0 Å². The van der Waals surface area contributed by atoms with Crippen LogP contribution < -0.4 is 0 Å². The molecule has 3 unspecified atom stereocenters. The molecule has 2 bridgehead atoms. The summed E-state index contributed by atoms with van der Waals surface area (Å²) < 4.78 is 5.36. The lowest BCUT2D eigenvalue weighted by Crippen LogP contribution is -2.49. The molecule has 0 aromatic rings. The zero-order valence-corrected chi connectivity index (χ0v) is 12.2. The third-order valence-corrected chi connectivity index (χ3v) is 6.52. The molecule has 0 aromatic carbocycles. The lowest BCUT2D eigenvalue weighted by Gasteiger charge is -2.51. The fourth-order valence-corrected chi connectivity index (χ4v) is 5.85. The molecule has 3 aliphatic rings. The Kier molecular flexibility index (Phi) is 2.60. The number of cyclic esters (lactones) is 1. The van der Waals surface area contributed by atoms with Gasteiger partial charge in [0.25, 0.3) is 0 Å². The Morgan fingerprint density at radius 3 is 2.28 bits per heavy atom. The highest BCUT2D eigenvalue weighted by molar-refractivity contribution is 5.80. The van der Waals surface area contributed by atoms with Crippen molar-refractivity contribution < 1.29 is 9.53 Å². The highest BCUT2D eigenvalue weighted by Crippen LogP contribution is 2.70. The highest BCUT2D eigenvalue weighted by Gasteiger charge is 2.68. The van der Waals surface area contributed by atoms with Crippen LogP contribution >= 0.6 is 0 Å². The molecule has 1 aliphatic heterocycles. The quantitative estimate of drug-likeness (QED) is 0.699. The average Bonchev–Trinajstić information content (AvgIpc) is 2.93. The first-order chi connectivity index (χ1) is 8.43. The number of carbonyl (C=O) groups excluding carboxylic acids is 1. The lowest BCUT2D eigenvalue weighted by atomic mass is 9.52. The van der Waals surface area contributed by atoms with Crippen molar-refractivity contribution >= 4 is 5.97 Å². The Hall–Kier alpha value is -0.530. The zero-order chi connectivity index (χ0) is 13.1. The second-order valence-corrected chi connectivity index (χ2v) is 7.53. The molecule has 0 amide bonds. The van der Waals surface area contributed by atoms with Crippen LogP contribution in [0.1, 0.15) is 53.4 Å². The van der Waals surface area contributed by atoms with Crippen molar-refractivity contribution in [3.05, 3.63) is 0 Å². The van der Waals surface area contributed by atoms with Crippen molar-refractivity contribution in [2.75, 3.05) is 6.61 Å². The molecule has 0 radical (unpaired) electrons. The molecular formula is C16H26O2. The van der Waals surface area contributed by atoms with E-state index in [4.69, 9.17) is 4.74 Å². The van der Waals surface area contributed by atoms with Gasteiger partial charge in [0.1, 0.15) is 0 Å². The fourth-order valence-electron chi connectivity index (χ4n) is 5.85. The second kappa shape index (κ2) is 3.74. The second-order valence-electron chi connectivity index (χ2n) is 7.53. The largest absolute Gasteiger partial charge is 0.465 e. The summed E-state index contributed by atoms with van der Waals surface area (Å²) in [5, 5.41) is 0. The molecule has 1 saturated heterocycles. The fraction of sp³-hybridized carbons (Fsp3) is 0.938. The van der Waals surface area contributed by atoms with E-state index in [1.165, 1.54) is 12.8 Å². The molecule has 0 N–H and O–H groups in total. The van der Waals surface area contributed by atoms with Gasteiger partial charge in [-0.3, -0.25) is 4.79 Å². The first-order valence-electron chi connectivity index (χ1n) is 7.60. The molecule has 3 fully saturated rings. The number of hydrogen-bond acceptors (Lipinski definition) is 2. The molecule has 1 spiro atoms. The van der Waals surface area contributed by atoms with E-state index in [1.807, 2.05) is 0 Å². The number of carbonyl (C=O) groups is 1. The predicted octanol–water partition coefficient (Wildman–Crippen LogP) is 3.65. The molecule has 2 aliphatic carbocycles. The van der Waals surface area contributed by atoms with Gasteiger partial charge in [-0.25, -0.2) is 0 Å². The van der Waals surface area contributed by atoms with E-state index in [0.717, 1.165) is 18.8 Å². The maximum absolute atomic E-state index is 12.3. The maximum atomic E-state index is 12.3. The number of hydrogen-bond donors (Lipinski definition) is 0. The van der Waals surface area contributed by atoms with Gasteiger partial charge in [0.05, 0.1) is 12.0 Å². The molecule has 2 saturated carbocycles. The highest BCUT2D eigenvalue weighted by atomic mass is 16.5. The minimum Gasteiger partial charge on any atom is -0.465 e. The Labute approximate surface area is 110 Å². The smallest absolute Gasteiger partial charge is 0.312 e. The summed E-state index contributed by atoms with van der Waals surface area (Å²) in [5.74, 6) is 2.80. The summed E-state index contributed by atoms with van der Waals surface area (Å²) >= 11 is 0. The topological polar surface area (TPSA) is 26.3 Å². The van der Waals surface area contributed by atoms with E-state index in [2.05, 4.69) is 27.7 Å². The third kappa shape index (κ3) is 1.27. The summed E-state index contributed by atoms with van der Waals surface area (Å²) in [6.07, 6.45) is 4.69. The van der Waals surface area contributed by atoms with Gasteiger partial charge in [-0.1, -0.05) is 27.7 Å². The molecule has 2 nitrogen and oxygen atoms in total. The summed E-state index contributed by atoms with van der Waals surface area (Å²) in [7, 11) is 0. The molecule has 102 valence electrons. The molecule has 3 atom stereocenters. The Bertz CT molecular complexity index is 363. The van der Waals surface area contributed by atoms with E-state index < -0.39 is 0 Å². The van der Waals surface area contributed by atoms with Gasteiger partial charge in [-0.2, -0.15) is 0 Å². The summed E-state index contributed by atoms with van der Waals surface area (Å²) in [6, 6.07) is 0. The van der Waals surface area contributed by atoms with Gasteiger partial charge >= 0.3 is 5.97 Å². The van der Waals surface area contributed by atoms with E-state index in [0.29, 0.717) is 29.8 Å². The van der Waals surface area contributed by atoms with Gasteiger partial charge in [-0.15, -0.1) is 0 Å². The molecule has 18 heavy (non-hydrogen) atoms. The SMILES string of the molecule is CC(C)C1(C(C)C)CC2CC1C1(CCOC1=O)C2. The Balaban J connectivity index is 2.03. The standard InChI is InChI=1S/C16H26O2/c1-10(2)16(11(3)4)9-12-7-13(16)15(8-12)5-6-18-14(15)17/h10-13H,5-9H2,1-4H3. The zero-order valence-electron chi connectivity index (χ0n) is 12.2. The van der Waals surface area contributed by atoms with E-state index >= 15 is 0 Å². The molecule has 0 aromatic heterocycles. The normalized spacial score (nSPS) is 41.3. The minimum atomic E-state index is -0.0997. The Morgan fingerprint density at radius 1 is 1.17 bits per heavy atom. The van der Waals surface area contributed by atoms with Crippen LogP contribution in [0, 0.1) is 34.5 Å². The van der Waals surface area contributed by atoms with Crippen molar-refractivity contribution in [2.45, 2.75) is 53.4 Å². The van der Waals surface area contributed by atoms with Crippen LogP contribution in [0.2, 0.25) is 0 Å². The van der Waals surface area contributed by atoms with Crippen LogP contribution in [0.25, 0.3) is 0 Å². The van der Waals surface area contributed by atoms with Crippen molar-refractivity contribution in [1.82, 2.24) is 0 Å². The first kappa shape index (κ1) is 12.5. The summed E-state index contributed by atoms with van der Waals surface area (Å²) in [6.45, 7) is 10.1. The van der Waals surface area contributed by atoms with Crippen LogP contribution in [-0.2, 0) is 9.53 Å². The van der Waals surface area contributed by atoms with Crippen LogP contribution in [0.4, 0.5) is 0 Å². The Morgan fingerprint density at radius 2 is 1.83 bits per heavy atom. The minimum absolute atomic E-state index is 0.0997. The average molecular weight is 250 g/mol. The van der Waals surface area contributed by atoms with E-state index in [1.54, 1.807) is 0 Å². The summed E-state index contributed by atoms with van der Waals surface area (Å²) in [5.41, 5.74) is 0.268. The molecule has 2 heteroatoms. The van der Waals surface area contributed by atoms with Crippen molar-refractivity contribution in [3.63, 3.8) is 0 Å². The molecule has 1 heterocycles. The lowest BCUT2D eigenvalue weighted by molar-refractivity contribution is -0.154. The van der Waals surface area contributed by atoms with Crippen LogP contribution in [-0.4, -0.2) is 12.6 Å². The van der Waals surface area contributed by atoms with Crippen LogP contribution in [0.5, 0.6) is 0 Å². The van der Waals surface area contributed by atoms with E-state index in [9.17, 15) is 4.79 Å². The van der Waals surface area contributed by atoms with E-state index in [-0.39, 0.29) is 11.4 Å². The molecular weight excluding hydrogens is 224 g/mol. The number of fused-ring (bicyclic) bond motifs is 3. The number of rotatable bonds is 2. The van der Waals surface area contributed by atoms with Crippen molar-refractivity contribution in [1.29, 1.82) is 0 Å². The van der Waals surface area contributed by atoms with Crippen LogP contribution in [0.15, 0.2) is 0 Å². The maximum Gasteiger partial charge on any atom is 0.312 e. The molecule has 3 rings (SSSR count). The first-order valence-corrected chi connectivity index (χ1v) is 7.60. The predicted molar refractivity (Wildman–Crippen MR) is 70.9 cm³/mol. The van der Waals surface area contributed by atoms with Gasteiger partial charge in [0, 0.05) is 0 Å².